The van der Waals surface area contributed by atoms with Crippen LogP contribution in [-0.2, 0) is 22.7 Å². The third kappa shape index (κ3) is 7.56. The molecule has 48 heavy (non-hydrogen) atoms. The molecule has 0 radical (unpaired) electrons. The van der Waals surface area contributed by atoms with Gasteiger partial charge in [-0.05, 0) is 49.6 Å². The SMILES string of the molecule is COc1nc(-c2ccnc(-c3cccc(Nc4nccc(CNC[C@H]5CCC(=O)N5)c4F)c3C)c2Cl)ccc1CNC[C@H]1CCC(=O)N1. The quantitative estimate of drug-likeness (QED) is 0.135. The van der Waals surface area contributed by atoms with E-state index in [1.54, 1.807) is 25.6 Å². The van der Waals surface area contributed by atoms with Gasteiger partial charge in [0.2, 0.25) is 17.7 Å². The summed E-state index contributed by atoms with van der Waals surface area (Å²) in [5.74, 6) is 0.269. The van der Waals surface area contributed by atoms with Crippen LogP contribution < -0.4 is 31.3 Å². The number of nitrogens with one attached hydrogen (secondary N) is 5. The van der Waals surface area contributed by atoms with Gasteiger partial charge in [-0.3, -0.25) is 14.6 Å². The highest BCUT2D eigenvalue weighted by Crippen LogP contribution is 2.38. The van der Waals surface area contributed by atoms with Crippen LogP contribution in [0.2, 0.25) is 5.02 Å². The van der Waals surface area contributed by atoms with Crippen molar-refractivity contribution < 1.29 is 18.7 Å². The first-order chi connectivity index (χ1) is 23.3. The first-order valence-corrected chi connectivity index (χ1v) is 16.4. The Hall–Kier alpha value is -4.65. The lowest BCUT2D eigenvalue weighted by Crippen LogP contribution is -2.35. The number of carbonyl (C=O) groups excluding carboxylic acids is 2. The molecule has 0 bridgehead atoms. The van der Waals surface area contributed by atoms with E-state index in [9.17, 15) is 9.59 Å². The van der Waals surface area contributed by atoms with Gasteiger partial charge >= 0.3 is 0 Å². The van der Waals surface area contributed by atoms with Crippen molar-refractivity contribution in [2.45, 2.75) is 57.8 Å². The molecule has 2 saturated heterocycles. The van der Waals surface area contributed by atoms with Crippen molar-refractivity contribution in [3.63, 3.8) is 0 Å². The number of anilines is 2. The Labute approximate surface area is 283 Å². The fraction of sp³-hybridized carbons (Fsp3) is 0.343. The molecule has 4 aromatic rings. The molecule has 5 N–H and O–H groups in total. The smallest absolute Gasteiger partial charge is 0.220 e. The fourth-order valence-corrected chi connectivity index (χ4v) is 6.36. The van der Waals surface area contributed by atoms with Crippen molar-refractivity contribution in [1.29, 1.82) is 0 Å². The van der Waals surface area contributed by atoms with E-state index >= 15 is 4.39 Å². The molecule has 3 aromatic heterocycles. The molecular weight excluding hydrogens is 635 g/mol. The summed E-state index contributed by atoms with van der Waals surface area (Å²) >= 11 is 7.00. The normalized spacial score (nSPS) is 17.3. The van der Waals surface area contributed by atoms with Crippen LogP contribution in [0.3, 0.4) is 0 Å². The molecule has 1 aromatic carbocycles. The lowest BCUT2D eigenvalue weighted by atomic mass is 10.0. The van der Waals surface area contributed by atoms with Crippen LogP contribution in [0.1, 0.15) is 42.4 Å². The number of ether oxygens (including phenoxy) is 1. The third-order valence-electron chi connectivity index (χ3n) is 8.69. The number of nitrogens with zero attached hydrogens (tertiary/aromatic N) is 3. The van der Waals surface area contributed by atoms with Gasteiger partial charge in [-0.1, -0.05) is 29.8 Å². The molecule has 0 spiro atoms. The molecule has 5 heterocycles. The van der Waals surface area contributed by atoms with E-state index in [2.05, 4.69) is 36.6 Å². The zero-order chi connectivity index (χ0) is 33.6. The highest BCUT2D eigenvalue weighted by Gasteiger charge is 2.22. The van der Waals surface area contributed by atoms with E-state index in [0.29, 0.717) is 78.1 Å². The summed E-state index contributed by atoms with van der Waals surface area (Å²) in [5, 5.41) is 16.1. The summed E-state index contributed by atoms with van der Waals surface area (Å²) in [5.41, 5.74) is 5.48. The van der Waals surface area contributed by atoms with Crippen LogP contribution in [0.15, 0.2) is 54.9 Å². The van der Waals surface area contributed by atoms with E-state index in [4.69, 9.17) is 21.3 Å². The number of amides is 2. The van der Waals surface area contributed by atoms with Crippen LogP contribution in [0.4, 0.5) is 15.9 Å². The predicted octanol–water partition coefficient (Wildman–Crippen LogP) is 4.80. The number of methoxy groups -OCH3 is 1. The van der Waals surface area contributed by atoms with Crippen LogP contribution >= 0.6 is 11.6 Å². The number of rotatable bonds is 13. The lowest BCUT2D eigenvalue weighted by molar-refractivity contribution is -0.120. The topological polar surface area (TPSA) is 142 Å². The largest absolute Gasteiger partial charge is 0.481 e. The average molecular weight is 673 g/mol. The van der Waals surface area contributed by atoms with Crippen molar-refractivity contribution in [2.75, 3.05) is 25.5 Å². The molecule has 2 fully saturated rings. The molecule has 0 saturated carbocycles. The van der Waals surface area contributed by atoms with E-state index in [0.717, 1.165) is 29.5 Å². The van der Waals surface area contributed by atoms with Gasteiger partial charge in [-0.25, -0.2) is 14.4 Å². The maximum Gasteiger partial charge on any atom is 0.220 e. The summed E-state index contributed by atoms with van der Waals surface area (Å²) in [7, 11) is 1.58. The Morgan fingerprint density at radius 2 is 1.58 bits per heavy atom. The molecule has 13 heteroatoms. The van der Waals surface area contributed by atoms with Gasteiger partial charge < -0.3 is 31.3 Å². The second kappa shape index (κ2) is 15.1. The van der Waals surface area contributed by atoms with Crippen molar-refractivity contribution >= 4 is 34.9 Å². The molecule has 2 atom stereocenters. The minimum atomic E-state index is -0.451. The molecule has 250 valence electrons. The van der Waals surface area contributed by atoms with Crippen LogP contribution in [-0.4, -0.2) is 59.0 Å². The van der Waals surface area contributed by atoms with Gasteiger partial charge in [-0.2, -0.15) is 0 Å². The van der Waals surface area contributed by atoms with Gasteiger partial charge in [0.05, 0.1) is 23.5 Å². The maximum atomic E-state index is 15.5. The van der Waals surface area contributed by atoms with E-state index in [-0.39, 0.29) is 29.7 Å². The predicted molar refractivity (Wildman–Crippen MR) is 182 cm³/mol. The minimum Gasteiger partial charge on any atom is -0.481 e. The van der Waals surface area contributed by atoms with Gasteiger partial charge in [0.25, 0.3) is 0 Å². The van der Waals surface area contributed by atoms with E-state index in [1.165, 1.54) is 0 Å². The number of carbonyl (C=O) groups is 2. The Balaban J connectivity index is 1.17. The van der Waals surface area contributed by atoms with Crippen molar-refractivity contribution in [2.24, 2.45) is 0 Å². The van der Waals surface area contributed by atoms with Gasteiger partial charge in [-0.15, -0.1) is 0 Å². The zero-order valence-electron chi connectivity index (χ0n) is 26.8. The van der Waals surface area contributed by atoms with Gasteiger partial charge in [0, 0.05) is 91.4 Å². The summed E-state index contributed by atoms with van der Waals surface area (Å²) in [6.07, 6.45) is 5.93. The molecule has 6 rings (SSSR count). The van der Waals surface area contributed by atoms with Crippen LogP contribution in [0, 0.1) is 12.7 Å². The van der Waals surface area contributed by atoms with Gasteiger partial charge in [0.15, 0.2) is 11.6 Å². The lowest BCUT2D eigenvalue weighted by Gasteiger charge is -2.17. The highest BCUT2D eigenvalue weighted by atomic mass is 35.5. The second-order valence-electron chi connectivity index (χ2n) is 12.0. The van der Waals surface area contributed by atoms with Crippen molar-refractivity contribution in [1.82, 2.24) is 36.2 Å². The van der Waals surface area contributed by atoms with Gasteiger partial charge in [0.1, 0.15) is 0 Å². The van der Waals surface area contributed by atoms with Crippen molar-refractivity contribution in [3.05, 3.63) is 82.4 Å². The first-order valence-electron chi connectivity index (χ1n) is 16.0. The molecule has 0 unspecified atom stereocenters. The van der Waals surface area contributed by atoms with Crippen LogP contribution in [0.5, 0.6) is 5.88 Å². The van der Waals surface area contributed by atoms with E-state index in [1.807, 2.05) is 43.3 Å². The maximum absolute atomic E-state index is 15.5. The number of hydrogen-bond donors (Lipinski definition) is 5. The fourth-order valence-electron chi connectivity index (χ4n) is 6.05. The van der Waals surface area contributed by atoms with E-state index < -0.39 is 5.82 Å². The monoisotopic (exact) mass is 672 g/mol. The summed E-state index contributed by atoms with van der Waals surface area (Å²) in [4.78, 5) is 36.6. The first kappa shape index (κ1) is 33.3. The molecule has 11 nitrogen and oxygen atoms in total. The Morgan fingerprint density at radius 1 is 0.896 bits per heavy atom. The average Bonchev–Trinajstić information content (AvgIpc) is 3.70. The van der Waals surface area contributed by atoms with Crippen LogP contribution in [0.25, 0.3) is 22.5 Å². The summed E-state index contributed by atoms with van der Waals surface area (Å²) < 4.78 is 21.1. The molecular formula is C35H38ClFN8O3. The number of hydrogen-bond acceptors (Lipinski definition) is 9. The zero-order valence-corrected chi connectivity index (χ0v) is 27.6. The molecule has 2 aliphatic rings. The Kier molecular flexibility index (Phi) is 10.4. The van der Waals surface area contributed by atoms with Crippen molar-refractivity contribution in [3.8, 4) is 28.4 Å². The molecule has 0 aliphatic carbocycles. The summed E-state index contributed by atoms with van der Waals surface area (Å²) in [6, 6.07) is 13.1. The standard InChI is InChI=1S/C35H38ClFN8O3/c1-20-25(4-3-5-27(20)44-34-32(37)21(12-14-41-34)16-38-18-23-7-10-29(46)42-23)33-31(36)26(13-15-40-33)28-9-6-22(35(45-28)48-2)17-39-19-24-8-11-30(47)43-24/h3-6,9,12-15,23-24,38-39H,7-8,10-11,16-19H2,1-2H3,(H,41,44)(H,42,46)(H,43,47)/t23-,24-/m1/s1. The Morgan fingerprint density at radius 3 is 2.25 bits per heavy atom. The third-order valence-corrected chi connectivity index (χ3v) is 9.07. The number of pyridine rings is 3. The minimum absolute atomic E-state index is 0.0489. The number of halogens is 2. The molecule has 2 amide bonds. The molecule has 2 aliphatic heterocycles. The Bertz CT molecular complexity index is 1820. The number of benzene rings is 1. The number of aromatic nitrogens is 3. The second-order valence-corrected chi connectivity index (χ2v) is 12.4. The highest BCUT2D eigenvalue weighted by molar-refractivity contribution is 6.35. The summed E-state index contributed by atoms with van der Waals surface area (Å²) in [6.45, 7) is 3.98.